The molecule has 0 fully saturated rings. The minimum Gasteiger partial charge on any atom is -0.396 e. The second-order valence-electron chi connectivity index (χ2n) is 3.34. The van der Waals surface area contributed by atoms with Crippen molar-refractivity contribution in [3.63, 3.8) is 0 Å². The van der Waals surface area contributed by atoms with Crippen LogP contribution >= 0.6 is 0 Å². The van der Waals surface area contributed by atoms with E-state index in [0.29, 0.717) is 11.5 Å². The van der Waals surface area contributed by atoms with Gasteiger partial charge < -0.3 is 25.7 Å². The number of rotatable bonds is 5. The second-order valence-corrected chi connectivity index (χ2v) is 3.34. The summed E-state index contributed by atoms with van der Waals surface area (Å²) in [6.45, 7) is 1.38. The number of aromatic nitrogens is 2. The lowest BCUT2D eigenvalue weighted by atomic mass is 10.1. The molecule has 0 aliphatic carbocycles. The Balaban J connectivity index is 2.73. The summed E-state index contributed by atoms with van der Waals surface area (Å²) < 4.78 is 0. The van der Waals surface area contributed by atoms with Crippen molar-refractivity contribution in [2.75, 3.05) is 6.61 Å². The van der Waals surface area contributed by atoms with Gasteiger partial charge >= 0.3 is 0 Å². The monoisotopic (exact) mass is 213 g/mol. The van der Waals surface area contributed by atoms with Crippen LogP contribution in [-0.4, -0.2) is 43.7 Å². The molecular formula is C9H15N3O3. The largest absolute Gasteiger partial charge is 0.396 e. The third-order valence-corrected chi connectivity index (χ3v) is 2.06. The molecule has 0 amide bonds. The molecule has 15 heavy (non-hydrogen) atoms. The lowest BCUT2D eigenvalue weighted by Gasteiger charge is -2.14. The fourth-order valence-electron chi connectivity index (χ4n) is 1.17. The van der Waals surface area contributed by atoms with Crippen molar-refractivity contribution in [2.24, 2.45) is 0 Å². The molecule has 0 aliphatic heterocycles. The molecule has 0 saturated heterocycles. The summed E-state index contributed by atoms with van der Waals surface area (Å²) in [6.07, 6.45) is -0.676. The van der Waals surface area contributed by atoms with Crippen molar-refractivity contribution in [3.8, 4) is 0 Å². The van der Waals surface area contributed by atoms with Crippen LogP contribution in [0.5, 0.6) is 0 Å². The molecule has 0 spiro atoms. The van der Waals surface area contributed by atoms with Crippen LogP contribution in [0.1, 0.15) is 31.0 Å². The second kappa shape index (κ2) is 5.01. The highest BCUT2D eigenvalue weighted by Gasteiger charge is 2.20. The highest BCUT2D eigenvalue weighted by atomic mass is 16.3. The van der Waals surface area contributed by atoms with Crippen LogP contribution < -0.4 is 0 Å². The predicted octanol–water partition coefficient (Wildman–Crippen LogP) is -0.426. The summed E-state index contributed by atoms with van der Waals surface area (Å²) in [5, 5.41) is 34.9. The van der Waals surface area contributed by atoms with Crippen LogP contribution in [0.25, 0.3) is 0 Å². The molecule has 0 aromatic carbocycles. The Morgan fingerprint density at radius 1 is 1.60 bits per heavy atom. The number of aliphatic hydroxyl groups excluding tert-OH is 3. The van der Waals surface area contributed by atoms with Gasteiger partial charge in [-0.05, 0) is 13.3 Å². The summed E-state index contributed by atoms with van der Waals surface area (Å²) >= 11 is 0. The van der Waals surface area contributed by atoms with E-state index in [-0.39, 0.29) is 18.7 Å². The van der Waals surface area contributed by atoms with Gasteiger partial charge in [-0.25, -0.2) is 4.98 Å². The van der Waals surface area contributed by atoms with Gasteiger partial charge in [0, 0.05) is 6.61 Å². The van der Waals surface area contributed by atoms with E-state index in [1.165, 1.54) is 6.20 Å². The van der Waals surface area contributed by atoms with E-state index in [0.717, 1.165) is 0 Å². The predicted molar refractivity (Wildman–Crippen MR) is 53.8 cm³/mol. The number of nitrogens with zero attached hydrogens (tertiary/aromatic N) is 1. The van der Waals surface area contributed by atoms with Gasteiger partial charge in [0.25, 0.3) is 0 Å². The first kappa shape index (κ1) is 11.8. The van der Waals surface area contributed by atoms with Crippen molar-refractivity contribution in [3.05, 3.63) is 17.7 Å². The van der Waals surface area contributed by atoms with Crippen molar-refractivity contribution < 1.29 is 15.3 Å². The van der Waals surface area contributed by atoms with Gasteiger partial charge in [0.1, 0.15) is 6.10 Å². The van der Waals surface area contributed by atoms with E-state index in [1.54, 1.807) is 6.92 Å². The molecule has 6 nitrogen and oxygen atoms in total. The Hall–Kier alpha value is -1.24. The van der Waals surface area contributed by atoms with Gasteiger partial charge in [-0.15, -0.1) is 0 Å². The molecule has 1 heterocycles. The fraction of sp³-hybridized carbons (Fsp3) is 0.556. The lowest BCUT2D eigenvalue weighted by molar-refractivity contribution is 0.00212. The van der Waals surface area contributed by atoms with E-state index in [9.17, 15) is 10.2 Å². The van der Waals surface area contributed by atoms with E-state index >= 15 is 0 Å². The van der Waals surface area contributed by atoms with Crippen LogP contribution in [0.4, 0.5) is 0 Å². The third kappa shape index (κ3) is 2.85. The van der Waals surface area contributed by atoms with Gasteiger partial charge in [-0.2, -0.15) is 0 Å². The topological polar surface area (TPSA) is 113 Å². The number of imidazole rings is 1. The third-order valence-electron chi connectivity index (χ3n) is 2.06. The van der Waals surface area contributed by atoms with Crippen LogP contribution in [0, 0.1) is 5.41 Å². The number of hydrogen-bond donors (Lipinski definition) is 5. The molecule has 0 aliphatic rings. The molecule has 2 atom stereocenters. The van der Waals surface area contributed by atoms with Crippen LogP contribution in [0.15, 0.2) is 6.20 Å². The average Bonchev–Trinajstić information content (AvgIpc) is 2.65. The van der Waals surface area contributed by atoms with E-state index in [4.69, 9.17) is 10.5 Å². The molecule has 1 aromatic heterocycles. The van der Waals surface area contributed by atoms with E-state index < -0.39 is 12.2 Å². The number of aliphatic hydroxyl groups is 3. The first-order chi connectivity index (χ1) is 7.06. The molecule has 84 valence electrons. The van der Waals surface area contributed by atoms with Crippen LogP contribution in [0.2, 0.25) is 0 Å². The molecule has 1 aromatic rings. The molecule has 1 rings (SSSR count). The number of hydrogen-bond acceptors (Lipinski definition) is 5. The Morgan fingerprint density at radius 2 is 2.27 bits per heavy atom. The molecule has 0 bridgehead atoms. The number of H-pyrrole nitrogens is 1. The molecule has 2 unspecified atom stereocenters. The van der Waals surface area contributed by atoms with Crippen LogP contribution in [0.3, 0.4) is 0 Å². The Kier molecular flexibility index (Phi) is 3.96. The SMILES string of the molecule is CC(=N)c1ncc(C(O)C(O)CCO)[nH]1. The van der Waals surface area contributed by atoms with Crippen molar-refractivity contribution >= 4 is 5.71 Å². The van der Waals surface area contributed by atoms with Crippen molar-refractivity contribution in [1.82, 2.24) is 9.97 Å². The van der Waals surface area contributed by atoms with Gasteiger partial charge in [0.15, 0.2) is 5.82 Å². The maximum absolute atomic E-state index is 9.61. The summed E-state index contributed by atoms with van der Waals surface area (Å²) in [7, 11) is 0. The Bertz CT molecular complexity index is 337. The number of nitrogens with one attached hydrogen (secondary N) is 2. The maximum Gasteiger partial charge on any atom is 0.150 e. The number of aromatic amines is 1. The summed E-state index contributed by atoms with van der Waals surface area (Å²) in [4.78, 5) is 6.59. The highest BCUT2D eigenvalue weighted by Crippen LogP contribution is 2.16. The van der Waals surface area contributed by atoms with E-state index in [1.807, 2.05) is 0 Å². The molecule has 5 N–H and O–H groups in total. The standard InChI is InChI=1S/C9H15N3O3/c1-5(10)9-11-4-6(12-9)8(15)7(14)2-3-13/h4,7-8,10,13-15H,2-3H2,1H3,(H,11,12). The minimum absolute atomic E-state index is 0.0963. The smallest absolute Gasteiger partial charge is 0.150 e. The molecule has 0 radical (unpaired) electrons. The maximum atomic E-state index is 9.61. The summed E-state index contributed by atoms with van der Waals surface area (Å²) in [5.74, 6) is 0.361. The van der Waals surface area contributed by atoms with Crippen LogP contribution in [-0.2, 0) is 0 Å². The zero-order chi connectivity index (χ0) is 11.4. The Morgan fingerprint density at radius 3 is 2.73 bits per heavy atom. The zero-order valence-corrected chi connectivity index (χ0v) is 8.44. The van der Waals surface area contributed by atoms with Gasteiger partial charge in [0.05, 0.1) is 23.7 Å². The fourth-order valence-corrected chi connectivity index (χ4v) is 1.17. The molecule has 0 saturated carbocycles. The minimum atomic E-state index is -1.11. The normalized spacial score (nSPS) is 14.9. The molecule has 6 heteroatoms. The van der Waals surface area contributed by atoms with Gasteiger partial charge in [0.2, 0.25) is 0 Å². The van der Waals surface area contributed by atoms with E-state index in [2.05, 4.69) is 9.97 Å². The first-order valence-electron chi connectivity index (χ1n) is 4.63. The zero-order valence-electron chi connectivity index (χ0n) is 8.44. The van der Waals surface area contributed by atoms with Gasteiger partial charge in [-0.3, -0.25) is 0 Å². The van der Waals surface area contributed by atoms with Crippen molar-refractivity contribution in [2.45, 2.75) is 25.6 Å². The summed E-state index contributed by atoms with van der Waals surface area (Å²) in [6, 6.07) is 0. The Labute approximate surface area is 87.1 Å². The summed E-state index contributed by atoms with van der Waals surface area (Å²) in [5.41, 5.74) is 0.600. The average molecular weight is 213 g/mol. The first-order valence-corrected chi connectivity index (χ1v) is 4.63. The quantitative estimate of drug-likeness (QED) is 0.427. The lowest BCUT2D eigenvalue weighted by Crippen LogP contribution is -2.19. The van der Waals surface area contributed by atoms with Gasteiger partial charge in [-0.1, -0.05) is 0 Å². The molecular weight excluding hydrogens is 198 g/mol. The highest BCUT2D eigenvalue weighted by molar-refractivity contribution is 5.92. The van der Waals surface area contributed by atoms with Crippen molar-refractivity contribution in [1.29, 1.82) is 5.41 Å².